The highest BCUT2D eigenvalue weighted by atomic mass is 16.4. The zero-order valence-electron chi connectivity index (χ0n) is 16.8. The van der Waals surface area contributed by atoms with E-state index in [1.54, 1.807) is 7.05 Å². The number of allylic oxidation sites excluding steroid dienone is 1. The van der Waals surface area contributed by atoms with Crippen LogP contribution in [-0.2, 0) is 18.3 Å². The van der Waals surface area contributed by atoms with Crippen molar-refractivity contribution in [1.29, 1.82) is 0 Å². The third kappa shape index (κ3) is 2.90. The number of aryl methyl sites for hydroxylation is 1. The summed E-state index contributed by atoms with van der Waals surface area (Å²) in [4.78, 5) is 31.8. The SMILES string of the molecule is Cc1nc2c(n1C)[C@@H]1C=C1[C@H](NC(=O)c1nnc(Cc3ccccc3)o1)C(=O)N2C. The van der Waals surface area contributed by atoms with E-state index < -0.39 is 11.9 Å². The fraction of sp³-hybridized carbons (Fsp3) is 0.286. The molecule has 0 bridgehead atoms. The van der Waals surface area contributed by atoms with E-state index in [9.17, 15) is 9.59 Å². The molecule has 0 unspecified atom stereocenters. The van der Waals surface area contributed by atoms with Crippen molar-refractivity contribution >= 4 is 17.6 Å². The molecule has 0 saturated heterocycles. The summed E-state index contributed by atoms with van der Waals surface area (Å²) in [6.07, 6.45) is 2.41. The summed E-state index contributed by atoms with van der Waals surface area (Å²) in [6, 6.07) is 8.86. The van der Waals surface area contributed by atoms with E-state index in [0.717, 1.165) is 22.7 Å². The lowest BCUT2D eigenvalue weighted by Gasteiger charge is -2.19. The molecule has 9 nitrogen and oxygen atoms in total. The van der Waals surface area contributed by atoms with Gasteiger partial charge in [0.25, 0.3) is 5.91 Å². The molecule has 30 heavy (non-hydrogen) atoms. The van der Waals surface area contributed by atoms with Gasteiger partial charge in [-0.3, -0.25) is 14.5 Å². The molecule has 5 rings (SSSR count). The number of carbonyl (C=O) groups is 2. The highest BCUT2D eigenvalue weighted by Crippen LogP contribution is 2.47. The lowest BCUT2D eigenvalue weighted by molar-refractivity contribution is -0.119. The van der Waals surface area contributed by atoms with Crippen LogP contribution in [0.15, 0.2) is 46.4 Å². The van der Waals surface area contributed by atoms with Gasteiger partial charge in [-0.05, 0) is 18.1 Å². The average molecular weight is 404 g/mol. The van der Waals surface area contributed by atoms with E-state index in [-0.39, 0.29) is 17.7 Å². The number of rotatable bonds is 4. The molecule has 1 N–H and O–H groups in total. The van der Waals surface area contributed by atoms with Crippen molar-refractivity contribution in [3.8, 4) is 0 Å². The first-order valence-corrected chi connectivity index (χ1v) is 9.63. The smallest absolute Gasteiger partial charge is 0.309 e. The summed E-state index contributed by atoms with van der Waals surface area (Å²) in [5.41, 5.74) is 2.81. The monoisotopic (exact) mass is 404 g/mol. The molecule has 1 aromatic carbocycles. The summed E-state index contributed by atoms with van der Waals surface area (Å²) in [6.45, 7) is 1.90. The number of hydrogen-bond donors (Lipinski definition) is 1. The van der Waals surface area contributed by atoms with Crippen LogP contribution in [0.3, 0.4) is 0 Å². The number of carbonyl (C=O) groups excluding carboxylic acids is 2. The van der Waals surface area contributed by atoms with Crippen LogP contribution in [-0.4, -0.2) is 44.7 Å². The largest absolute Gasteiger partial charge is 0.417 e. The summed E-state index contributed by atoms with van der Waals surface area (Å²) in [7, 11) is 3.59. The van der Waals surface area contributed by atoms with E-state index in [1.807, 2.05) is 54.9 Å². The molecular weight excluding hydrogens is 384 g/mol. The number of aromatic nitrogens is 4. The number of nitrogens with zero attached hydrogens (tertiary/aromatic N) is 5. The number of fused-ring (bicyclic) bond motifs is 3. The minimum atomic E-state index is -0.786. The van der Waals surface area contributed by atoms with E-state index in [0.29, 0.717) is 18.1 Å². The Kier molecular flexibility index (Phi) is 4.05. The third-order valence-corrected chi connectivity index (χ3v) is 5.61. The van der Waals surface area contributed by atoms with Crippen molar-refractivity contribution in [2.45, 2.75) is 25.3 Å². The molecule has 3 heterocycles. The Bertz CT molecular complexity index is 1190. The van der Waals surface area contributed by atoms with Gasteiger partial charge in [-0.15, -0.1) is 10.2 Å². The van der Waals surface area contributed by atoms with Crippen LogP contribution in [0.1, 0.15) is 39.6 Å². The lowest BCUT2D eigenvalue weighted by Crippen LogP contribution is -2.47. The topological polar surface area (TPSA) is 106 Å². The maximum Gasteiger partial charge on any atom is 0.309 e. The van der Waals surface area contributed by atoms with Crippen LogP contribution in [0.4, 0.5) is 5.82 Å². The maximum absolute atomic E-state index is 13.0. The number of nitrogens with one attached hydrogen (secondary N) is 1. The summed E-state index contributed by atoms with van der Waals surface area (Å²) in [5, 5.41) is 10.6. The zero-order valence-corrected chi connectivity index (χ0v) is 16.8. The minimum absolute atomic E-state index is 0.0123. The molecule has 2 aliphatic rings. The number of benzene rings is 1. The number of amides is 2. The van der Waals surface area contributed by atoms with Crippen molar-refractivity contribution in [2.24, 2.45) is 7.05 Å². The molecule has 0 saturated carbocycles. The fourth-order valence-electron chi connectivity index (χ4n) is 3.83. The van der Waals surface area contributed by atoms with Gasteiger partial charge >= 0.3 is 11.8 Å². The fourth-order valence-corrected chi connectivity index (χ4v) is 3.83. The van der Waals surface area contributed by atoms with Crippen molar-refractivity contribution in [2.75, 3.05) is 11.9 Å². The number of likely N-dealkylation sites (N-methyl/N-ethyl adjacent to an activating group) is 1. The molecule has 0 spiro atoms. The van der Waals surface area contributed by atoms with Gasteiger partial charge in [0.2, 0.25) is 5.89 Å². The van der Waals surface area contributed by atoms with Gasteiger partial charge in [-0.1, -0.05) is 36.4 Å². The molecule has 9 heteroatoms. The van der Waals surface area contributed by atoms with Crippen LogP contribution in [0.5, 0.6) is 0 Å². The van der Waals surface area contributed by atoms with Gasteiger partial charge in [0.05, 0.1) is 12.1 Å². The van der Waals surface area contributed by atoms with Crippen LogP contribution < -0.4 is 10.2 Å². The average Bonchev–Trinajstić information content (AvgIpc) is 3.28. The molecule has 2 amide bonds. The van der Waals surface area contributed by atoms with Gasteiger partial charge < -0.3 is 14.3 Å². The Balaban J connectivity index is 1.34. The lowest BCUT2D eigenvalue weighted by atomic mass is 10.1. The van der Waals surface area contributed by atoms with E-state index >= 15 is 0 Å². The molecule has 1 aliphatic heterocycles. The number of hydrogen-bond acceptors (Lipinski definition) is 6. The predicted octanol–water partition coefficient (Wildman–Crippen LogP) is 1.50. The van der Waals surface area contributed by atoms with Gasteiger partial charge in [0, 0.05) is 20.0 Å². The summed E-state index contributed by atoms with van der Waals surface area (Å²) >= 11 is 0. The first kappa shape index (κ1) is 18.3. The van der Waals surface area contributed by atoms with Crippen molar-refractivity contribution in [1.82, 2.24) is 25.1 Å². The Morgan fingerprint density at radius 1 is 1.20 bits per heavy atom. The number of imidazole rings is 1. The van der Waals surface area contributed by atoms with Gasteiger partial charge in [-0.25, -0.2) is 4.98 Å². The Morgan fingerprint density at radius 2 is 1.97 bits per heavy atom. The van der Waals surface area contributed by atoms with Crippen LogP contribution in [0.25, 0.3) is 0 Å². The molecule has 1 aliphatic carbocycles. The van der Waals surface area contributed by atoms with E-state index in [1.165, 1.54) is 4.90 Å². The normalized spacial score (nSPS) is 19.6. The number of anilines is 1. The minimum Gasteiger partial charge on any atom is -0.417 e. The Hall–Kier alpha value is -3.75. The van der Waals surface area contributed by atoms with Crippen molar-refractivity contribution in [3.05, 3.63) is 70.8 Å². The molecule has 0 radical (unpaired) electrons. The molecule has 0 fully saturated rings. The zero-order chi connectivity index (χ0) is 21.0. The van der Waals surface area contributed by atoms with Gasteiger partial charge in [-0.2, -0.15) is 0 Å². The molecule has 2 atom stereocenters. The summed E-state index contributed by atoms with van der Waals surface area (Å²) in [5.74, 6) is 0.792. The standard InChI is InChI=1S/C21H20N6O3/c1-11-22-18-17(26(11)2)14-10-13(14)16(21(29)27(18)3)23-19(28)20-25-24-15(30-20)9-12-7-5-4-6-8-12/h4-8,10,14,16H,9H2,1-3H3,(H,23,28)/t14-,16+/m1/s1. The second-order valence-corrected chi connectivity index (χ2v) is 7.54. The predicted molar refractivity (Wildman–Crippen MR) is 107 cm³/mol. The van der Waals surface area contributed by atoms with Crippen LogP contribution in [0.2, 0.25) is 0 Å². The first-order chi connectivity index (χ1) is 14.4. The Labute approximate surface area is 172 Å². The van der Waals surface area contributed by atoms with Crippen molar-refractivity contribution < 1.29 is 14.0 Å². The van der Waals surface area contributed by atoms with Crippen molar-refractivity contribution in [3.63, 3.8) is 0 Å². The maximum atomic E-state index is 13.0. The van der Waals surface area contributed by atoms with E-state index in [2.05, 4.69) is 20.5 Å². The molecule has 2 aromatic heterocycles. The molecule has 3 aromatic rings. The van der Waals surface area contributed by atoms with Crippen LogP contribution >= 0.6 is 0 Å². The Morgan fingerprint density at radius 3 is 2.73 bits per heavy atom. The first-order valence-electron chi connectivity index (χ1n) is 9.63. The van der Waals surface area contributed by atoms with Gasteiger partial charge in [0.1, 0.15) is 11.9 Å². The quantitative estimate of drug-likeness (QED) is 0.661. The van der Waals surface area contributed by atoms with Crippen LogP contribution in [0, 0.1) is 6.92 Å². The molecule has 152 valence electrons. The highest BCUT2D eigenvalue weighted by molar-refractivity contribution is 6.05. The third-order valence-electron chi connectivity index (χ3n) is 5.61. The second-order valence-electron chi connectivity index (χ2n) is 7.54. The summed E-state index contributed by atoms with van der Waals surface area (Å²) < 4.78 is 7.50. The highest BCUT2D eigenvalue weighted by Gasteiger charge is 2.46. The van der Waals surface area contributed by atoms with E-state index in [4.69, 9.17) is 4.42 Å². The van der Waals surface area contributed by atoms with Gasteiger partial charge in [0.15, 0.2) is 5.82 Å². The second kappa shape index (κ2) is 6.65. The molecular formula is C21H20N6O3.